The number of methoxy groups -OCH3 is 1. The zero-order valence-corrected chi connectivity index (χ0v) is 36.0. The predicted octanol–water partition coefficient (Wildman–Crippen LogP) is -3.64. The molecule has 10 atom stereocenters. The normalized spacial score (nSPS) is 27.1. The number of carbonyl (C=O) groups excluding carboxylic acids is 7. The van der Waals surface area contributed by atoms with Gasteiger partial charge in [0, 0.05) is 20.2 Å². The summed E-state index contributed by atoms with van der Waals surface area (Å²) in [4.78, 5) is 107. The number of allylic oxidation sites excluding steroid dienone is 1. The van der Waals surface area contributed by atoms with Gasteiger partial charge in [0.2, 0.25) is 35.4 Å². The van der Waals surface area contributed by atoms with Crippen molar-refractivity contribution in [3.8, 4) is 0 Å². The average molecular weight is 895 g/mol. The molecule has 24 heteroatoms. The molecule has 7 amide bonds. The number of primary amides is 1. The molecule has 4 fully saturated rings. The first-order valence-electron chi connectivity index (χ1n) is 20.8. The van der Waals surface area contributed by atoms with E-state index in [1.165, 1.54) is 12.7 Å². The molecule has 13 N–H and O–H groups in total. The van der Waals surface area contributed by atoms with Gasteiger partial charge in [-0.15, -0.1) is 0 Å². The molecule has 0 bridgehead atoms. The first kappa shape index (κ1) is 50.1. The number of amides is 7. The van der Waals surface area contributed by atoms with Crippen LogP contribution in [0.3, 0.4) is 0 Å². The van der Waals surface area contributed by atoms with Gasteiger partial charge in [-0.2, -0.15) is 0 Å². The molecule has 1 saturated carbocycles. The Labute approximate surface area is 364 Å². The van der Waals surface area contributed by atoms with Gasteiger partial charge in [-0.1, -0.05) is 11.6 Å². The second-order valence-corrected chi connectivity index (χ2v) is 16.5. The lowest BCUT2D eigenvalue weighted by molar-refractivity contribution is -0.143. The van der Waals surface area contributed by atoms with E-state index in [1.807, 2.05) is 20.8 Å². The van der Waals surface area contributed by atoms with E-state index in [0.29, 0.717) is 32.3 Å². The van der Waals surface area contributed by atoms with Gasteiger partial charge in [-0.25, -0.2) is 4.79 Å². The van der Waals surface area contributed by atoms with Crippen LogP contribution in [-0.2, 0) is 52.5 Å². The zero-order valence-electron chi connectivity index (χ0n) is 36.0. The van der Waals surface area contributed by atoms with E-state index in [1.54, 1.807) is 0 Å². The van der Waals surface area contributed by atoms with Crippen LogP contribution in [0.2, 0.25) is 0 Å². The highest BCUT2D eigenvalue weighted by atomic mass is 16.6. The van der Waals surface area contributed by atoms with Crippen molar-refractivity contribution in [2.24, 2.45) is 28.1 Å². The standard InChI is InChI=1S/C39H62N10O14/c1-20(2)9-10-26-38(3,63-26)31-30(60-4)25(11-12-39(31)19-61-39)62-37(59)45-17-28(52)46-21(7-5-13-43-36(41)42)33(56)44-16-27(51)47-22(15-29(53)54)34(57)48-23(18-50)35(58)49-14-6-8-24(49)32(40)55/h9,21-26,30-31,50H,5-8,10-19H2,1-4H3,(H2,40,55)(H,44,56)(H,45,59)(H,46,52)(H,47,51)(H,48,57)(H,53,54)(H4,41,42,43)/t21-,22-,23-,24-,25+,26+,30+,31+,38+,39-/m0/s1. The van der Waals surface area contributed by atoms with Crippen LogP contribution < -0.4 is 43.8 Å². The maximum atomic E-state index is 13.3. The third-order valence-electron chi connectivity index (χ3n) is 11.6. The fraction of sp³-hybridized carbons (Fsp3) is 0.718. The van der Waals surface area contributed by atoms with Crippen LogP contribution in [0.5, 0.6) is 0 Å². The number of nitrogens with two attached hydrogens (primary N) is 3. The number of guanidine groups is 1. The molecule has 3 heterocycles. The van der Waals surface area contributed by atoms with E-state index >= 15 is 0 Å². The molecular weight excluding hydrogens is 832 g/mol. The number of aliphatic imine (C=N–C) groups is 1. The van der Waals surface area contributed by atoms with Crippen molar-refractivity contribution in [2.75, 3.05) is 46.5 Å². The Bertz CT molecular complexity index is 1780. The van der Waals surface area contributed by atoms with Crippen LogP contribution in [0.15, 0.2) is 16.6 Å². The van der Waals surface area contributed by atoms with E-state index in [-0.39, 0.29) is 50.3 Å². The summed E-state index contributed by atoms with van der Waals surface area (Å²) >= 11 is 0. The molecule has 0 radical (unpaired) electrons. The van der Waals surface area contributed by atoms with E-state index in [4.69, 9.17) is 36.1 Å². The van der Waals surface area contributed by atoms with Crippen LogP contribution in [0.4, 0.5) is 4.79 Å². The lowest BCUT2D eigenvalue weighted by atomic mass is 9.68. The van der Waals surface area contributed by atoms with E-state index in [0.717, 1.165) is 4.90 Å². The molecule has 1 aliphatic carbocycles. The van der Waals surface area contributed by atoms with E-state index in [2.05, 4.69) is 37.7 Å². The molecule has 63 heavy (non-hydrogen) atoms. The number of hydrogen-bond acceptors (Lipinski definition) is 14. The Morgan fingerprint density at radius 3 is 2.21 bits per heavy atom. The van der Waals surface area contributed by atoms with Crippen LogP contribution >= 0.6 is 0 Å². The summed E-state index contributed by atoms with van der Waals surface area (Å²) in [6.07, 6.45) is 1.59. The van der Waals surface area contributed by atoms with Gasteiger partial charge in [0.25, 0.3) is 0 Å². The molecule has 352 valence electrons. The number of likely N-dealkylation sites (tertiary alicyclic amines) is 1. The Kier molecular flexibility index (Phi) is 17.6. The molecule has 1 spiro atoms. The zero-order chi connectivity index (χ0) is 46.6. The summed E-state index contributed by atoms with van der Waals surface area (Å²) in [7, 11) is 1.53. The van der Waals surface area contributed by atoms with Gasteiger partial charge in [0.05, 0.1) is 38.2 Å². The Balaban J connectivity index is 1.31. The summed E-state index contributed by atoms with van der Waals surface area (Å²) in [6, 6.07) is -5.60. The number of alkyl carbamates (subject to hydrolysis) is 1. The number of nitrogens with one attached hydrogen (secondary N) is 5. The third-order valence-corrected chi connectivity index (χ3v) is 11.6. The third kappa shape index (κ3) is 13.7. The Morgan fingerprint density at radius 1 is 0.952 bits per heavy atom. The van der Waals surface area contributed by atoms with Gasteiger partial charge in [-0.05, 0) is 65.7 Å². The number of nitrogens with zero attached hydrogens (tertiary/aromatic N) is 2. The monoisotopic (exact) mass is 894 g/mol. The number of carboxylic acid groups (broad SMARTS) is 1. The number of rotatable bonds is 23. The fourth-order valence-corrected chi connectivity index (χ4v) is 8.32. The second kappa shape index (κ2) is 22.2. The Hall–Kier alpha value is -5.59. The van der Waals surface area contributed by atoms with Crippen molar-refractivity contribution in [1.29, 1.82) is 0 Å². The van der Waals surface area contributed by atoms with Crippen molar-refractivity contribution < 1.29 is 67.5 Å². The van der Waals surface area contributed by atoms with E-state index in [9.17, 15) is 48.6 Å². The lowest BCUT2D eigenvalue weighted by Crippen LogP contribution is -2.58. The summed E-state index contributed by atoms with van der Waals surface area (Å²) in [6.45, 7) is 4.46. The molecule has 4 rings (SSSR count). The SMILES string of the molecule is CO[C@@H]1[C@H](OC(=O)NCC(=O)N[C@@H](CCCN=C(N)N)C(=O)NCC(=O)N[C@@H](CC(=O)O)C(=O)N[C@@H](CO)C(=O)N2CCC[C@H]2C(N)=O)CC[C@]2(CO2)[C@H]1[C@]1(C)O[C@@H]1CC=C(C)C. The van der Waals surface area contributed by atoms with Gasteiger partial charge >= 0.3 is 12.1 Å². The number of epoxide rings is 2. The van der Waals surface area contributed by atoms with Crippen molar-refractivity contribution in [2.45, 2.75) is 126 Å². The summed E-state index contributed by atoms with van der Waals surface area (Å²) < 4.78 is 23.8. The van der Waals surface area contributed by atoms with Crippen molar-refractivity contribution in [3.63, 3.8) is 0 Å². The molecule has 4 aliphatic rings. The minimum Gasteiger partial charge on any atom is -0.481 e. The first-order chi connectivity index (χ1) is 29.7. The van der Waals surface area contributed by atoms with E-state index < -0.39 is 121 Å². The van der Waals surface area contributed by atoms with Gasteiger partial charge in [0.1, 0.15) is 54.1 Å². The fourth-order valence-electron chi connectivity index (χ4n) is 8.32. The number of carboxylic acids is 1. The van der Waals surface area contributed by atoms with Crippen molar-refractivity contribution in [3.05, 3.63) is 11.6 Å². The van der Waals surface area contributed by atoms with Crippen LogP contribution in [0, 0.1) is 5.92 Å². The largest absolute Gasteiger partial charge is 0.481 e. The quantitative estimate of drug-likeness (QED) is 0.0155. The van der Waals surface area contributed by atoms with Gasteiger partial charge < -0.3 is 77.8 Å². The summed E-state index contributed by atoms with van der Waals surface area (Å²) in [5.41, 5.74) is 16.3. The van der Waals surface area contributed by atoms with Crippen LogP contribution in [0.1, 0.15) is 72.1 Å². The second-order valence-electron chi connectivity index (χ2n) is 16.5. The molecule has 0 aromatic heterocycles. The van der Waals surface area contributed by atoms with Crippen molar-refractivity contribution in [1.82, 2.24) is 31.5 Å². The van der Waals surface area contributed by atoms with Gasteiger partial charge in [0.15, 0.2) is 5.96 Å². The lowest BCUT2D eigenvalue weighted by Gasteiger charge is -2.42. The topological polar surface area (TPSA) is 374 Å². The highest BCUT2D eigenvalue weighted by Crippen LogP contribution is 2.59. The van der Waals surface area contributed by atoms with Crippen LogP contribution in [-0.4, -0.2) is 169 Å². The molecule has 0 aromatic carbocycles. The van der Waals surface area contributed by atoms with Crippen LogP contribution in [0.25, 0.3) is 0 Å². The molecular formula is C39H62N10O14. The highest BCUT2D eigenvalue weighted by molar-refractivity contribution is 5.97. The summed E-state index contributed by atoms with van der Waals surface area (Å²) in [5.74, 6) is -7.37. The minimum absolute atomic E-state index is 0.0348. The molecule has 3 saturated heterocycles. The average Bonchev–Trinajstić information content (AvgIpc) is 4.07. The molecule has 3 aliphatic heterocycles. The predicted molar refractivity (Wildman–Crippen MR) is 220 cm³/mol. The molecule has 0 aromatic rings. The molecule has 0 unspecified atom stereocenters. The smallest absolute Gasteiger partial charge is 0.407 e. The number of ether oxygens (including phenoxy) is 4. The number of aliphatic hydroxyl groups is 1. The molecule has 24 nitrogen and oxygen atoms in total. The summed E-state index contributed by atoms with van der Waals surface area (Å²) in [5, 5.41) is 30.8. The number of hydrogen-bond donors (Lipinski definition) is 10. The maximum absolute atomic E-state index is 13.3. The number of carbonyl (C=O) groups is 8. The highest BCUT2D eigenvalue weighted by Gasteiger charge is 2.72. The first-order valence-corrected chi connectivity index (χ1v) is 20.8. The Morgan fingerprint density at radius 2 is 1.62 bits per heavy atom. The van der Waals surface area contributed by atoms with Gasteiger partial charge in [-0.3, -0.25) is 38.6 Å². The maximum Gasteiger partial charge on any atom is 0.407 e. The number of aliphatic carboxylic acids is 1. The number of aliphatic hydroxyl groups excluding tert-OH is 1. The van der Waals surface area contributed by atoms with Crippen molar-refractivity contribution >= 4 is 53.5 Å². The minimum atomic E-state index is -1.77.